The van der Waals surface area contributed by atoms with Crippen molar-refractivity contribution in [3.63, 3.8) is 0 Å². The average Bonchev–Trinajstić information content (AvgIpc) is 3.15. The molecule has 1 N–H and O–H groups in total. The Balaban J connectivity index is 1.26. The molecule has 4 rings (SSSR count). The van der Waals surface area contributed by atoms with Crippen LogP contribution in [0.25, 0.3) is 0 Å². The fourth-order valence-electron chi connectivity index (χ4n) is 4.15. The molecule has 0 bridgehead atoms. The third-order valence-corrected chi connectivity index (χ3v) is 5.91. The molecule has 9 heteroatoms. The molecule has 1 aliphatic heterocycles. The number of methoxy groups -OCH3 is 1. The number of rotatable bonds is 11. The summed E-state index contributed by atoms with van der Waals surface area (Å²) in [5, 5.41) is 11.7. The van der Waals surface area contributed by atoms with Crippen LogP contribution in [0.3, 0.4) is 0 Å². The number of carbonyl (C=O) groups excluding carboxylic acids is 1. The Labute approximate surface area is 206 Å². The van der Waals surface area contributed by atoms with Crippen molar-refractivity contribution >= 4 is 5.91 Å². The van der Waals surface area contributed by atoms with Gasteiger partial charge in [-0.2, -0.15) is 0 Å². The van der Waals surface area contributed by atoms with E-state index in [1.807, 2.05) is 43.3 Å². The first-order valence-corrected chi connectivity index (χ1v) is 12.0. The maximum absolute atomic E-state index is 12.1. The van der Waals surface area contributed by atoms with Gasteiger partial charge in [0, 0.05) is 45.6 Å². The summed E-state index contributed by atoms with van der Waals surface area (Å²) in [4.78, 5) is 14.5. The van der Waals surface area contributed by atoms with Crippen LogP contribution in [0.1, 0.15) is 24.1 Å². The normalized spacial score (nSPS) is 13.5. The highest BCUT2D eigenvalue weighted by Crippen LogP contribution is 2.28. The standard InChI is InChI=1S/C26H33N5O4/c1-3-34-23-17-20(9-10-22(23)33-2)18-30-14-12-25-29-28-24(31(25)16-15-30)11-13-27-26(32)19-35-21-7-5-4-6-8-21/h4-10,17H,3,11-16,18-19H2,1-2H3,(H,27,32). The second kappa shape index (κ2) is 12.2. The van der Waals surface area contributed by atoms with Gasteiger partial charge in [0.2, 0.25) is 0 Å². The summed E-state index contributed by atoms with van der Waals surface area (Å²) in [7, 11) is 1.66. The van der Waals surface area contributed by atoms with Crippen molar-refractivity contribution in [3.8, 4) is 17.2 Å². The lowest BCUT2D eigenvalue weighted by atomic mass is 10.2. The third kappa shape index (κ3) is 6.73. The summed E-state index contributed by atoms with van der Waals surface area (Å²) in [5.74, 6) is 3.94. The zero-order valence-electron chi connectivity index (χ0n) is 20.4. The second-order valence-corrected chi connectivity index (χ2v) is 8.33. The monoisotopic (exact) mass is 479 g/mol. The Kier molecular flexibility index (Phi) is 8.56. The molecule has 3 aromatic rings. The molecular weight excluding hydrogens is 446 g/mol. The minimum absolute atomic E-state index is 0.00666. The summed E-state index contributed by atoms with van der Waals surface area (Å²) in [6.07, 6.45) is 1.46. The molecule has 0 fully saturated rings. The average molecular weight is 480 g/mol. The van der Waals surface area contributed by atoms with Crippen LogP contribution in [0.5, 0.6) is 17.2 Å². The second-order valence-electron chi connectivity index (χ2n) is 8.33. The summed E-state index contributed by atoms with van der Waals surface area (Å²) in [6, 6.07) is 15.4. The predicted molar refractivity (Wildman–Crippen MR) is 132 cm³/mol. The first-order chi connectivity index (χ1) is 17.2. The van der Waals surface area contributed by atoms with Crippen LogP contribution in [-0.4, -0.2) is 65.5 Å². The summed E-state index contributed by atoms with van der Waals surface area (Å²) < 4.78 is 18.8. The van der Waals surface area contributed by atoms with Crippen LogP contribution in [0.15, 0.2) is 48.5 Å². The van der Waals surface area contributed by atoms with Crippen LogP contribution in [0.4, 0.5) is 0 Å². The van der Waals surface area contributed by atoms with Gasteiger partial charge in [-0.15, -0.1) is 10.2 Å². The van der Waals surface area contributed by atoms with Gasteiger partial charge in [0.1, 0.15) is 17.4 Å². The van der Waals surface area contributed by atoms with Gasteiger partial charge in [0.05, 0.1) is 13.7 Å². The van der Waals surface area contributed by atoms with E-state index in [1.54, 1.807) is 7.11 Å². The van der Waals surface area contributed by atoms with E-state index in [4.69, 9.17) is 14.2 Å². The molecule has 1 aliphatic rings. The highest BCUT2D eigenvalue weighted by Gasteiger charge is 2.19. The van der Waals surface area contributed by atoms with Crippen molar-refractivity contribution < 1.29 is 19.0 Å². The van der Waals surface area contributed by atoms with Gasteiger partial charge >= 0.3 is 0 Å². The number of amides is 1. The van der Waals surface area contributed by atoms with E-state index >= 15 is 0 Å². The van der Waals surface area contributed by atoms with Crippen LogP contribution in [0.2, 0.25) is 0 Å². The van der Waals surface area contributed by atoms with E-state index in [-0.39, 0.29) is 12.5 Å². The molecule has 1 amide bonds. The number of ether oxygens (including phenoxy) is 3. The van der Waals surface area contributed by atoms with Crippen molar-refractivity contribution in [2.45, 2.75) is 32.9 Å². The van der Waals surface area contributed by atoms with E-state index < -0.39 is 0 Å². The van der Waals surface area contributed by atoms with Crippen LogP contribution < -0.4 is 19.5 Å². The lowest BCUT2D eigenvalue weighted by Gasteiger charge is -2.20. The van der Waals surface area contributed by atoms with E-state index in [0.29, 0.717) is 25.3 Å². The molecule has 0 spiro atoms. The molecule has 0 atom stereocenters. The third-order valence-electron chi connectivity index (χ3n) is 5.91. The van der Waals surface area contributed by atoms with Gasteiger partial charge in [-0.1, -0.05) is 24.3 Å². The molecule has 0 radical (unpaired) electrons. The van der Waals surface area contributed by atoms with E-state index in [1.165, 1.54) is 5.56 Å². The molecule has 9 nitrogen and oxygen atoms in total. The minimum Gasteiger partial charge on any atom is -0.493 e. The molecule has 35 heavy (non-hydrogen) atoms. The largest absolute Gasteiger partial charge is 0.493 e. The number of benzene rings is 2. The van der Waals surface area contributed by atoms with Gasteiger partial charge in [-0.25, -0.2) is 0 Å². The molecule has 2 aromatic carbocycles. The van der Waals surface area contributed by atoms with Gasteiger partial charge in [-0.05, 0) is 36.8 Å². The Hall–Kier alpha value is -3.59. The van der Waals surface area contributed by atoms with Crippen molar-refractivity contribution in [2.75, 3.05) is 40.0 Å². The first-order valence-electron chi connectivity index (χ1n) is 12.0. The quantitative estimate of drug-likeness (QED) is 0.452. The minimum atomic E-state index is -0.151. The Morgan fingerprint density at radius 2 is 1.89 bits per heavy atom. The molecule has 0 saturated heterocycles. The highest BCUT2D eigenvalue weighted by atomic mass is 16.5. The maximum atomic E-state index is 12.1. The number of fused-ring (bicyclic) bond motifs is 1. The number of para-hydroxylation sites is 1. The number of hydrogen-bond acceptors (Lipinski definition) is 7. The molecule has 1 aromatic heterocycles. The van der Waals surface area contributed by atoms with Gasteiger partial charge < -0.3 is 24.1 Å². The van der Waals surface area contributed by atoms with Crippen LogP contribution in [-0.2, 0) is 30.7 Å². The first kappa shape index (κ1) is 24.5. The zero-order chi connectivity index (χ0) is 24.5. The fourth-order valence-corrected chi connectivity index (χ4v) is 4.15. The van der Waals surface area contributed by atoms with Crippen molar-refractivity contribution in [1.29, 1.82) is 0 Å². The number of nitrogens with zero attached hydrogens (tertiary/aromatic N) is 4. The summed E-state index contributed by atoms with van der Waals surface area (Å²) in [5.41, 5.74) is 1.19. The fraction of sp³-hybridized carbons (Fsp3) is 0.423. The highest BCUT2D eigenvalue weighted by molar-refractivity contribution is 5.77. The van der Waals surface area contributed by atoms with Gasteiger partial charge in [-0.3, -0.25) is 9.69 Å². The zero-order valence-corrected chi connectivity index (χ0v) is 20.4. The topological polar surface area (TPSA) is 90.7 Å². The molecular formula is C26H33N5O4. The predicted octanol–water partition coefficient (Wildman–Crippen LogP) is 2.48. The van der Waals surface area contributed by atoms with E-state index in [0.717, 1.165) is 55.7 Å². The number of aromatic nitrogens is 3. The smallest absolute Gasteiger partial charge is 0.257 e. The summed E-state index contributed by atoms with van der Waals surface area (Å²) in [6.45, 7) is 6.50. The number of carbonyl (C=O) groups is 1. The Morgan fingerprint density at radius 1 is 1.03 bits per heavy atom. The van der Waals surface area contributed by atoms with Gasteiger partial charge in [0.15, 0.2) is 18.1 Å². The SMILES string of the molecule is CCOc1cc(CN2CCc3nnc(CCNC(=O)COc4ccccc4)n3CC2)ccc1OC. The Morgan fingerprint density at radius 3 is 2.69 bits per heavy atom. The van der Waals surface area contributed by atoms with Crippen molar-refractivity contribution in [2.24, 2.45) is 0 Å². The molecule has 0 saturated carbocycles. The molecule has 186 valence electrons. The number of nitrogens with one attached hydrogen (secondary N) is 1. The van der Waals surface area contributed by atoms with E-state index in [2.05, 4.69) is 37.1 Å². The van der Waals surface area contributed by atoms with Crippen LogP contribution in [0, 0.1) is 0 Å². The lowest BCUT2D eigenvalue weighted by molar-refractivity contribution is -0.123. The lowest BCUT2D eigenvalue weighted by Crippen LogP contribution is -2.31. The Bertz CT molecular complexity index is 1100. The maximum Gasteiger partial charge on any atom is 0.257 e. The molecule has 2 heterocycles. The molecule has 0 aliphatic carbocycles. The summed E-state index contributed by atoms with van der Waals surface area (Å²) >= 11 is 0. The van der Waals surface area contributed by atoms with Crippen molar-refractivity contribution in [3.05, 3.63) is 65.7 Å². The number of hydrogen-bond donors (Lipinski definition) is 1. The van der Waals surface area contributed by atoms with Crippen molar-refractivity contribution in [1.82, 2.24) is 25.0 Å². The van der Waals surface area contributed by atoms with Crippen LogP contribution >= 0.6 is 0 Å². The van der Waals surface area contributed by atoms with E-state index in [9.17, 15) is 4.79 Å². The van der Waals surface area contributed by atoms with Gasteiger partial charge in [0.25, 0.3) is 5.91 Å². The molecule has 0 unspecified atom stereocenters.